The first-order valence-corrected chi connectivity index (χ1v) is 9.99. The third kappa shape index (κ3) is 1.62. The Morgan fingerprint density at radius 3 is 2.50 bits per heavy atom. The fourth-order valence-corrected chi connectivity index (χ4v) is 5.53. The molecule has 4 heterocycles. The number of amides is 2. The lowest BCUT2D eigenvalue weighted by atomic mass is 9.96. The number of H-pyrrole nitrogens is 1. The number of nitrogens with one attached hydrogen (secondary N) is 2. The number of aromatic amines is 1. The van der Waals surface area contributed by atoms with Crippen LogP contribution in [0.25, 0.3) is 43.6 Å². The number of fused-ring (bicyclic) bond motifs is 10. The molecule has 0 unspecified atom stereocenters. The van der Waals surface area contributed by atoms with Crippen molar-refractivity contribution in [3.63, 3.8) is 0 Å². The second-order valence-electron chi connectivity index (χ2n) is 8.04. The van der Waals surface area contributed by atoms with Gasteiger partial charge < -0.3 is 9.55 Å². The Kier molecular flexibility index (Phi) is 2.67. The Balaban J connectivity index is 1.89. The number of para-hydroxylation sites is 2. The van der Waals surface area contributed by atoms with Gasteiger partial charge in [-0.3, -0.25) is 14.9 Å². The molecule has 2 N–H and O–H groups in total. The van der Waals surface area contributed by atoms with Crippen LogP contribution >= 0.6 is 0 Å². The predicted molar refractivity (Wildman–Crippen MR) is 114 cm³/mol. The standard InChI is InChI=1S/C24H14N4O2/c25-10-12-5-2-7-13-15-17-18(24(30)27-23(17)29)16-14-8-1-4-11-6-3-9-28(21(11)14)22(16)20(15)26-19(12)13/h1-2,4-5,7-8,26H,3,6,9H2,(H,27,29,30). The summed E-state index contributed by atoms with van der Waals surface area (Å²) in [7, 11) is 0. The van der Waals surface area contributed by atoms with E-state index < -0.39 is 0 Å². The van der Waals surface area contributed by atoms with Gasteiger partial charge in [0.25, 0.3) is 11.8 Å². The lowest BCUT2D eigenvalue weighted by molar-refractivity contribution is 0.0880. The van der Waals surface area contributed by atoms with Gasteiger partial charge in [-0.1, -0.05) is 30.3 Å². The number of aryl methyl sites for hydroxylation is 2. The summed E-state index contributed by atoms with van der Waals surface area (Å²) in [6.07, 6.45) is 2.01. The molecule has 2 amide bonds. The van der Waals surface area contributed by atoms with Gasteiger partial charge in [0, 0.05) is 28.1 Å². The zero-order valence-electron chi connectivity index (χ0n) is 15.8. The van der Waals surface area contributed by atoms with Gasteiger partial charge in [0.2, 0.25) is 0 Å². The van der Waals surface area contributed by atoms with E-state index >= 15 is 0 Å². The first-order valence-electron chi connectivity index (χ1n) is 9.99. The van der Waals surface area contributed by atoms with E-state index in [1.165, 1.54) is 5.56 Å². The highest BCUT2D eigenvalue weighted by atomic mass is 16.2. The Bertz CT molecular complexity index is 1690. The molecule has 0 spiro atoms. The number of nitriles is 1. The maximum absolute atomic E-state index is 13.0. The number of aromatic nitrogens is 2. The van der Waals surface area contributed by atoms with E-state index in [1.807, 2.05) is 24.3 Å². The summed E-state index contributed by atoms with van der Waals surface area (Å²) in [6.45, 7) is 0.848. The largest absolute Gasteiger partial charge is 0.352 e. The fraction of sp³-hybridized carbons (Fsp3) is 0.125. The van der Waals surface area contributed by atoms with Gasteiger partial charge >= 0.3 is 0 Å². The van der Waals surface area contributed by atoms with Crippen molar-refractivity contribution in [3.8, 4) is 6.07 Å². The minimum Gasteiger partial charge on any atom is -0.352 e. The van der Waals surface area contributed by atoms with E-state index in [9.17, 15) is 14.9 Å². The van der Waals surface area contributed by atoms with Crippen LogP contribution in [0.1, 0.15) is 38.3 Å². The molecule has 5 aromatic rings. The van der Waals surface area contributed by atoms with Crippen molar-refractivity contribution in [1.29, 1.82) is 5.26 Å². The zero-order chi connectivity index (χ0) is 20.1. The molecule has 2 aromatic heterocycles. The first kappa shape index (κ1) is 15.8. The van der Waals surface area contributed by atoms with Gasteiger partial charge in [-0.25, -0.2) is 0 Å². The van der Waals surface area contributed by atoms with Crippen molar-refractivity contribution < 1.29 is 9.59 Å². The summed E-state index contributed by atoms with van der Waals surface area (Å²) in [6, 6.07) is 13.9. The second-order valence-corrected chi connectivity index (χ2v) is 8.04. The van der Waals surface area contributed by atoms with Crippen molar-refractivity contribution in [2.45, 2.75) is 19.4 Å². The highest BCUT2D eigenvalue weighted by molar-refractivity contribution is 6.39. The molecule has 142 valence electrons. The number of nitrogens with zero attached hydrogens (tertiary/aromatic N) is 2. The summed E-state index contributed by atoms with van der Waals surface area (Å²) in [5.41, 5.74) is 6.24. The molecule has 2 aliphatic rings. The van der Waals surface area contributed by atoms with Gasteiger partial charge in [0.15, 0.2) is 0 Å². The van der Waals surface area contributed by atoms with Crippen molar-refractivity contribution >= 4 is 55.4 Å². The molecule has 30 heavy (non-hydrogen) atoms. The van der Waals surface area contributed by atoms with Gasteiger partial charge in [-0.15, -0.1) is 0 Å². The number of hydrogen-bond donors (Lipinski definition) is 2. The minimum atomic E-state index is -0.378. The van der Waals surface area contributed by atoms with Crippen molar-refractivity contribution in [3.05, 3.63) is 58.7 Å². The smallest absolute Gasteiger partial charge is 0.259 e. The van der Waals surface area contributed by atoms with E-state index in [2.05, 4.69) is 27.0 Å². The highest BCUT2D eigenvalue weighted by Gasteiger charge is 2.36. The quantitative estimate of drug-likeness (QED) is 0.390. The monoisotopic (exact) mass is 390 g/mol. The Labute approximate surface area is 169 Å². The first-order chi connectivity index (χ1) is 14.7. The van der Waals surface area contributed by atoms with Crippen LogP contribution in [0.3, 0.4) is 0 Å². The molecular weight excluding hydrogens is 376 g/mol. The molecule has 0 bridgehead atoms. The van der Waals surface area contributed by atoms with E-state index in [4.69, 9.17) is 0 Å². The lowest BCUT2D eigenvalue weighted by Gasteiger charge is -2.16. The number of carbonyl (C=O) groups excluding carboxylic acids is 2. The van der Waals surface area contributed by atoms with Gasteiger partial charge in [0.1, 0.15) is 6.07 Å². The maximum Gasteiger partial charge on any atom is 0.259 e. The summed E-state index contributed by atoms with van der Waals surface area (Å²) in [5, 5.41) is 15.5. The molecule has 0 fully saturated rings. The van der Waals surface area contributed by atoms with Crippen LogP contribution in [0.15, 0.2) is 36.4 Å². The summed E-state index contributed by atoms with van der Waals surface area (Å²) in [4.78, 5) is 29.3. The van der Waals surface area contributed by atoms with Crippen LogP contribution in [-0.2, 0) is 13.0 Å². The predicted octanol–water partition coefficient (Wildman–Crippen LogP) is 4.13. The number of benzene rings is 3. The summed E-state index contributed by atoms with van der Waals surface area (Å²) >= 11 is 0. The van der Waals surface area contributed by atoms with E-state index in [0.29, 0.717) is 22.2 Å². The van der Waals surface area contributed by atoms with E-state index in [1.54, 1.807) is 6.07 Å². The molecule has 7 rings (SSSR count). The van der Waals surface area contributed by atoms with Crippen LogP contribution in [0.5, 0.6) is 0 Å². The molecule has 0 saturated carbocycles. The Hall–Kier alpha value is -4.11. The Morgan fingerprint density at radius 2 is 1.67 bits per heavy atom. The van der Waals surface area contributed by atoms with Crippen LogP contribution < -0.4 is 5.32 Å². The second kappa shape index (κ2) is 5.08. The molecule has 0 saturated heterocycles. The SMILES string of the molecule is N#Cc1cccc2c1[nH]c1c2c2c(c3c4cccc5c4n(c13)CCC5)C(=O)NC2=O. The van der Waals surface area contributed by atoms with Gasteiger partial charge in [-0.05, 0) is 24.5 Å². The van der Waals surface area contributed by atoms with Crippen molar-refractivity contribution in [1.82, 2.24) is 14.9 Å². The summed E-state index contributed by atoms with van der Waals surface area (Å²) < 4.78 is 2.28. The molecule has 6 heteroatoms. The van der Waals surface area contributed by atoms with Gasteiger partial charge in [-0.2, -0.15) is 5.26 Å². The molecule has 0 aliphatic carbocycles. The van der Waals surface area contributed by atoms with Crippen LogP contribution in [0.2, 0.25) is 0 Å². The van der Waals surface area contributed by atoms with Crippen LogP contribution in [-0.4, -0.2) is 21.4 Å². The molecular formula is C24H14N4O2. The van der Waals surface area contributed by atoms with Crippen molar-refractivity contribution in [2.24, 2.45) is 0 Å². The van der Waals surface area contributed by atoms with Gasteiger partial charge in [0.05, 0.1) is 38.8 Å². The molecule has 0 radical (unpaired) electrons. The van der Waals surface area contributed by atoms with E-state index in [0.717, 1.165) is 57.5 Å². The van der Waals surface area contributed by atoms with Crippen molar-refractivity contribution in [2.75, 3.05) is 0 Å². The fourth-order valence-electron chi connectivity index (χ4n) is 5.53. The lowest BCUT2D eigenvalue weighted by Crippen LogP contribution is -2.20. The number of carbonyl (C=O) groups is 2. The number of rotatable bonds is 0. The summed E-state index contributed by atoms with van der Waals surface area (Å²) in [5.74, 6) is -0.728. The highest BCUT2D eigenvalue weighted by Crippen LogP contribution is 2.45. The molecule has 0 atom stereocenters. The Morgan fingerprint density at radius 1 is 0.900 bits per heavy atom. The zero-order valence-corrected chi connectivity index (χ0v) is 15.8. The number of imide groups is 1. The maximum atomic E-state index is 13.0. The third-order valence-electron chi connectivity index (χ3n) is 6.62. The van der Waals surface area contributed by atoms with Crippen LogP contribution in [0.4, 0.5) is 0 Å². The topological polar surface area (TPSA) is 90.7 Å². The average molecular weight is 390 g/mol. The molecule has 2 aliphatic heterocycles. The minimum absolute atomic E-state index is 0.351. The van der Waals surface area contributed by atoms with E-state index in [-0.39, 0.29) is 11.8 Å². The average Bonchev–Trinajstić information content (AvgIpc) is 3.39. The number of hydrogen-bond acceptors (Lipinski definition) is 3. The normalized spacial score (nSPS) is 15.3. The molecule has 6 nitrogen and oxygen atoms in total. The van der Waals surface area contributed by atoms with Crippen LogP contribution in [0, 0.1) is 11.3 Å². The third-order valence-corrected chi connectivity index (χ3v) is 6.62. The molecule has 3 aromatic carbocycles.